The van der Waals surface area contributed by atoms with Crippen LogP contribution < -0.4 is 5.32 Å². The minimum absolute atomic E-state index is 0.223. The number of nitriles is 1. The van der Waals surface area contributed by atoms with Gasteiger partial charge in [0.1, 0.15) is 5.75 Å². The molecule has 0 saturated heterocycles. The Bertz CT molecular complexity index is 958. The SMILES string of the molecule is N#Cc1ccc(CS(=O)(=O)CC(=O)Nc2cccc3c2CCCC3)cc1. The highest BCUT2D eigenvalue weighted by Crippen LogP contribution is 2.27. The number of rotatable bonds is 5. The number of anilines is 1. The van der Waals surface area contributed by atoms with Crippen LogP contribution in [0, 0.1) is 11.3 Å². The maximum absolute atomic E-state index is 12.3. The van der Waals surface area contributed by atoms with Crippen molar-refractivity contribution < 1.29 is 13.2 Å². The molecule has 0 bridgehead atoms. The van der Waals surface area contributed by atoms with Gasteiger partial charge in [0, 0.05) is 5.69 Å². The minimum atomic E-state index is -3.59. The zero-order chi connectivity index (χ0) is 18.6. The van der Waals surface area contributed by atoms with Crippen LogP contribution >= 0.6 is 0 Å². The Hall–Kier alpha value is -2.65. The van der Waals surface area contributed by atoms with Crippen LogP contribution in [0.15, 0.2) is 42.5 Å². The summed E-state index contributed by atoms with van der Waals surface area (Å²) in [5.74, 6) is -1.30. The number of aryl methyl sites for hydroxylation is 1. The van der Waals surface area contributed by atoms with Gasteiger partial charge in [0.15, 0.2) is 9.84 Å². The van der Waals surface area contributed by atoms with E-state index in [9.17, 15) is 13.2 Å². The van der Waals surface area contributed by atoms with Gasteiger partial charge >= 0.3 is 0 Å². The molecule has 2 aromatic rings. The van der Waals surface area contributed by atoms with E-state index >= 15 is 0 Å². The van der Waals surface area contributed by atoms with Crippen LogP contribution in [0.1, 0.15) is 35.1 Å². The maximum Gasteiger partial charge on any atom is 0.239 e. The first-order chi connectivity index (χ1) is 12.5. The molecule has 1 aliphatic carbocycles. The summed E-state index contributed by atoms with van der Waals surface area (Å²) in [5.41, 5.74) is 4.11. The van der Waals surface area contributed by atoms with Crippen molar-refractivity contribution in [3.8, 4) is 6.07 Å². The van der Waals surface area contributed by atoms with Crippen LogP contribution in [0.2, 0.25) is 0 Å². The lowest BCUT2D eigenvalue weighted by molar-refractivity contribution is -0.113. The number of hydrogen-bond donors (Lipinski definition) is 1. The van der Waals surface area contributed by atoms with Gasteiger partial charge in [0.2, 0.25) is 5.91 Å². The first-order valence-electron chi connectivity index (χ1n) is 8.57. The molecule has 0 fully saturated rings. The zero-order valence-electron chi connectivity index (χ0n) is 14.4. The number of carbonyl (C=O) groups excluding carboxylic acids is 1. The Balaban J connectivity index is 1.66. The lowest BCUT2D eigenvalue weighted by atomic mass is 9.90. The van der Waals surface area contributed by atoms with Crippen LogP contribution in [0.4, 0.5) is 5.69 Å². The molecular formula is C20H20N2O3S. The highest BCUT2D eigenvalue weighted by molar-refractivity contribution is 7.91. The van der Waals surface area contributed by atoms with E-state index in [0.717, 1.165) is 36.9 Å². The molecule has 134 valence electrons. The normalized spacial score (nSPS) is 13.5. The lowest BCUT2D eigenvalue weighted by Crippen LogP contribution is -2.25. The highest BCUT2D eigenvalue weighted by atomic mass is 32.2. The summed E-state index contributed by atoms with van der Waals surface area (Å²) in [6.07, 6.45) is 4.13. The van der Waals surface area contributed by atoms with Gasteiger partial charge in [-0.3, -0.25) is 4.79 Å². The Labute approximate surface area is 153 Å². The molecule has 0 aliphatic heterocycles. The molecular weight excluding hydrogens is 348 g/mol. The zero-order valence-corrected chi connectivity index (χ0v) is 15.2. The Kier molecular flexibility index (Phi) is 5.38. The number of fused-ring (bicyclic) bond motifs is 1. The Morgan fingerprint density at radius 1 is 1.08 bits per heavy atom. The van der Waals surface area contributed by atoms with Crippen LogP contribution in [0.5, 0.6) is 0 Å². The fraction of sp³-hybridized carbons (Fsp3) is 0.300. The standard InChI is InChI=1S/C20H20N2O3S/c21-12-15-8-10-16(11-9-15)13-26(24,25)14-20(23)22-19-7-3-5-17-4-1-2-6-18(17)19/h3,5,7-11H,1-2,4,6,13-14H2,(H,22,23). The smallest absolute Gasteiger partial charge is 0.239 e. The van der Waals surface area contributed by atoms with Gasteiger partial charge in [-0.2, -0.15) is 5.26 Å². The second-order valence-corrected chi connectivity index (χ2v) is 8.60. The summed E-state index contributed by atoms with van der Waals surface area (Å²) < 4.78 is 24.6. The van der Waals surface area contributed by atoms with E-state index in [0.29, 0.717) is 11.1 Å². The third kappa shape index (κ3) is 4.50. The van der Waals surface area contributed by atoms with Crippen molar-refractivity contribution in [1.82, 2.24) is 0 Å². The summed E-state index contributed by atoms with van der Waals surface area (Å²) in [6.45, 7) is 0. The molecule has 0 saturated carbocycles. The number of amides is 1. The summed E-state index contributed by atoms with van der Waals surface area (Å²) in [4.78, 5) is 12.3. The molecule has 1 N–H and O–H groups in total. The van der Waals surface area contributed by atoms with Crippen molar-refractivity contribution in [1.29, 1.82) is 5.26 Å². The van der Waals surface area contributed by atoms with Crippen LogP contribution in [-0.2, 0) is 33.2 Å². The largest absolute Gasteiger partial charge is 0.325 e. The molecule has 0 aromatic heterocycles. The first kappa shape index (κ1) is 18.2. The average Bonchev–Trinajstić information content (AvgIpc) is 2.62. The molecule has 0 unspecified atom stereocenters. The van der Waals surface area contributed by atoms with Crippen molar-refractivity contribution in [2.45, 2.75) is 31.4 Å². The van der Waals surface area contributed by atoms with Gasteiger partial charge in [-0.05, 0) is 60.6 Å². The Morgan fingerprint density at radius 2 is 1.81 bits per heavy atom. The maximum atomic E-state index is 12.3. The van der Waals surface area contributed by atoms with E-state index in [1.54, 1.807) is 24.3 Å². The second-order valence-electron chi connectivity index (χ2n) is 6.54. The van der Waals surface area contributed by atoms with E-state index in [1.807, 2.05) is 18.2 Å². The lowest BCUT2D eigenvalue weighted by Gasteiger charge is -2.19. The van der Waals surface area contributed by atoms with Gasteiger partial charge in [-0.1, -0.05) is 24.3 Å². The monoisotopic (exact) mass is 368 g/mol. The predicted molar refractivity (Wildman–Crippen MR) is 100 cm³/mol. The molecule has 2 aromatic carbocycles. The molecule has 6 heteroatoms. The first-order valence-corrected chi connectivity index (χ1v) is 10.4. The van der Waals surface area contributed by atoms with Crippen molar-refractivity contribution in [2.75, 3.05) is 11.1 Å². The molecule has 1 aliphatic rings. The average molecular weight is 368 g/mol. The molecule has 5 nitrogen and oxygen atoms in total. The van der Waals surface area contributed by atoms with Crippen LogP contribution in [0.25, 0.3) is 0 Å². The number of hydrogen-bond acceptors (Lipinski definition) is 4. The molecule has 1 amide bonds. The number of nitrogens with one attached hydrogen (secondary N) is 1. The van der Waals surface area contributed by atoms with Crippen molar-refractivity contribution in [3.63, 3.8) is 0 Å². The van der Waals surface area contributed by atoms with E-state index in [1.165, 1.54) is 5.56 Å². The molecule has 26 heavy (non-hydrogen) atoms. The molecule has 3 rings (SSSR count). The number of sulfone groups is 1. The summed E-state index contributed by atoms with van der Waals surface area (Å²) in [6, 6.07) is 14.1. The third-order valence-electron chi connectivity index (χ3n) is 4.49. The summed E-state index contributed by atoms with van der Waals surface area (Å²) in [5, 5.41) is 11.6. The van der Waals surface area contributed by atoms with Gasteiger partial charge in [-0.25, -0.2) is 8.42 Å². The van der Waals surface area contributed by atoms with Crippen molar-refractivity contribution >= 4 is 21.4 Å². The van der Waals surface area contributed by atoms with Crippen LogP contribution in [0.3, 0.4) is 0 Å². The number of carbonyl (C=O) groups is 1. The van der Waals surface area contributed by atoms with Crippen molar-refractivity contribution in [3.05, 3.63) is 64.7 Å². The molecule has 0 atom stereocenters. The number of nitrogens with zero attached hydrogens (tertiary/aromatic N) is 1. The topological polar surface area (TPSA) is 87.0 Å². The van der Waals surface area contributed by atoms with E-state index in [2.05, 4.69) is 11.4 Å². The van der Waals surface area contributed by atoms with E-state index < -0.39 is 21.5 Å². The summed E-state index contributed by atoms with van der Waals surface area (Å²) in [7, 11) is -3.59. The predicted octanol–water partition coefficient (Wildman–Crippen LogP) is 2.99. The van der Waals surface area contributed by atoms with E-state index in [4.69, 9.17) is 5.26 Å². The quantitative estimate of drug-likeness (QED) is 0.879. The van der Waals surface area contributed by atoms with Gasteiger partial charge in [-0.15, -0.1) is 0 Å². The minimum Gasteiger partial charge on any atom is -0.325 e. The van der Waals surface area contributed by atoms with Gasteiger partial charge in [0.25, 0.3) is 0 Å². The highest BCUT2D eigenvalue weighted by Gasteiger charge is 2.20. The fourth-order valence-electron chi connectivity index (χ4n) is 3.26. The summed E-state index contributed by atoms with van der Waals surface area (Å²) >= 11 is 0. The molecule has 0 radical (unpaired) electrons. The Morgan fingerprint density at radius 3 is 2.54 bits per heavy atom. The van der Waals surface area contributed by atoms with E-state index in [-0.39, 0.29) is 5.75 Å². The third-order valence-corrected chi connectivity index (χ3v) is 5.97. The molecule has 0 spiro atoms. The fourth-order valence-corrected chi connectivity index (χ4v) is 4.54. The van der Waals surface area contributed by atoms with Gasteiger partial charge in [0.05, 0.1) is 17.4 Å². The number of benzene rings is 2. The van der Waals surface area contributed by atoms with Crippen molar-refractivity contribution in [2.24, 2.45) is 0 Å². The molecule has 0 heterocycles. The van der Waals surface area contributed by atoms with Gasteiger partial charge < -0.3 is 5.32 Å². The van der Waals surface area contributed by atoms with Crippen LogP contribution in [-0.4, -0.2) is 20.1 Å². The second kappa shape index (κ2) is 7.71.